The Morgan fingerprint density at radius 2 is 2.06 bits per heavy atom. The molecular weight excluding hydrogens is 244 g/mol. The molecule has 0 heterocycles. The third kappa shape index (κ3) is 4.41. The molecule has 1 atom stereocenters. The van der Waals surface area contributed by atoms with Crippen LogP contribution in [0.3, 0.4) is 0 Å². The van der Waals surface area contributed by atoms with Crippen LogP contribution in [0.5, 0.6) is 5.75 Å². The number of primary sulfonamides is 1. The number of amides is 1. The van der Waals surface area contributed by atoms with Gasteiger partial charge in [0.2, 0.25) is 15.9 Å². The number of rotatable bonds is 4. The number of phenols is 1. The highest BCUT2D eigenvalue weighted by Gasteiger charge is 2.21. The number of carbonyl (C=O) groups is 1. The van der Waals surface area contributed by atoms with Gasteiger partial charge in [-0.2, -0.15) is 0 Å². The highest BCUT2D eigenvalue weighted by atomic mass is 32.2. The molecule has 94 valence electrons. The largest absolute Gasteiger partial charge is 0.508 e. The first-order valence-corrected chi connectivity index (χ1v) is 6.56. The van der Waals surface area contributed by atoms with Crippen LogP contribution >= 0.6 is 0 Å². The van der Waals surface area contributed by atoms with Gasteiger partial charge in [0.1, 0.15) is 5.75 Å². The Labute approximate surface area is 99.5 Å². The molecular formula is C10H14N2O4S. The molecule has 0 aromatic heterocycles. The molecule has 4 N–H and O–H groups in total. The van der Waals surface area contributed by atoms with E-state index in [2.05, 4.69) is 5.32 Å². The summed E-state index contributed by atoms with van der Waals surface area (Å²) in [6.45, 7) is 1.26. The van der Waals surface area contributed by atoms with E-state index in [1.54, 1.807) is 12.1 Å². The number of para-hydroxylation sites is 1. The summed E-state index contributed by atoms with van der Waals surface area (Å²) in [5.41, 5.74) is 0.316. The van der Waals surface area contributed by atoms with Crippen molar-refractivity contribution in [3.63, 3.8) is 0 Å². The van der Waals surface area contributed by atoms with Crippen LogP contribution in [0.2, 0.25) is 0 Å². The van der Waals surface area contributed by atoms with Crippen molar-refractivity contribution in [3.05, 3.63) is 29.8 Å². The Bertz CT molecular complexity index is 513. The van der Waals surface area contributed by atoms with Gasteiger partial charge >= 0.3 is 0 Å². The molecule has 1 aromatic rings. The average molecular weight is 258 g/mol. The summed E-state index contributed by atoms with van der Waals surface area (Å²) in [6, 6.07) is 5.31. The van der Waals surface area contributed by atoms with Crippen LogP contribution in [0.4, 0.5) is 0 Å². The van der Waals surface area contributed by atoms with E-state index >= 15 is 0 Å². The van der Waals surface area contributed by atoms with E-state index in [0.29, 0.717) is 5.56 Å². The molecule has 0 spiro atoms. The number of sulfonamides is 1. The van der Waals surface area contributed by atoms with Crippen LogP contribution in [0.1, 0.15) is 18.5 Å². The van der Waals surface area contributed by atoms with Crippen molar-refractivity contribution < 1.29 is 18.3 Å². The molecule has 0 aliphatic heterocycles. The van der Waals surface area contributed by atoms with E-state index in [-0.39, 0.29) is 5.75 Å². The highest BCUT2D eigenvalue weighted by molar-refractivity contribution is 7.89. The van der Waals surface area contributed by atoms with Crippen molar-refractivity contribution in [2.24, 2.45) is 5.14 Å². The van der Waals surface area contributed by atoms with Gasteiger partial charge < -0.3 is 10.4 Å². The lowest BCUT2D eigenvalue weighted by molar-refractivity contribution is -0.119. The van der Waals surface area contributed by atoms with Gasteiger partial charge in [-0.1, -0.05) is 18.2 Å². The molecule has 17 heavy (non-hydrogen) atoms. The van der Waals surface area contributed by atoms with Crippen molar-refractivity contribution in [1.82, 2.24) is 5.32 Å². The average Bonchev–Trinajstić information content (AvgIpc) is 2.14. The minimum atomic E-state index is -3.76. The molecule has 7 heteroatoms. The van der Waals surface area contributed by atoms with Gasteiger partial charge in [-0.05, 0) is 6.07 Å². The van der Waals surface area contributed by atoms with Crippen LogP contribution in [0.25, 0.3) is 0 Å². The van der Waals surface area contributed by atoms with Gasteiger partial charge in [-0.3, -0.25) is 4.79 Å². The Morgan fingerprint density at radius 3 is 2.53 bits per heavy atom. The van der Waals surface area contributed by atoms with Gasteiger partial charge in [0, 0.05) is 12.5 Å². The predicted octanol–water partition coefficient (Wildman–Crippen LogP) is -0.142. The fraction of sp³-hybridized carbons (Fsp3) is 0.300. The number of aromatic hydroxyl groups is 1. The topological polar surface area (TPSA) is 109 Å². The maximum atomic E-state index is 11.1. The number of phenolic OH excluding ortho intramolecular Hbond substituents is 1. The van der Waals surface area contributed by atoms with Crippen LogP contribution in [0, 0.1) is 0 Å². The molecule has 6 nitrogen and oxygen atoms in total. The lowest BCUT2D eigenvalue weighted by Gasteiger charge is -2.18. The van der Waals surface area contributed by atoms with Crippen molar-refractivity contribution in [1.29, 1.82) is 0 Å². The van der Waals surface area contributed by atoms with E-state index < -0.39 is 27.7 Å². The maximum absolute atomic E-state index is 11.1. The first kappa shape index (κ1) is 13.5. The summed E-state index contributed by atoms with van der Waals surface area (Å²) in [4.78, 5) is 11.0. The molecule has 1 rings (SSSR count). The van der Waals surface area contributed by atoms with Crippen molar-refractivity contribution in [2.45, 2.75) is 13.0 Å². The molecule has 0 bridgehead atoms. The second kappa shape index (κ2) is 5.15. The Hall–Kier alpha value is -1.60. The molecule has 0 radical (unpaired) electrons. The van der Waals surface area contributed by atoms with Crippen LogP contribution in [-0.2, 0) is 14.8 Å². The predicted molar refractivity (Wildman–Crippen MR) is 62.6 cm³/mol. The molecule has 1 amide bonds. The number of hydrogen-bond donors (Lipinski definition) is 3. The molecule has 0 fully saturated rings. The zero-order valence-corrected chi connectivity index (χ0v) is 10.1. The quantitative estimate of drug-likeness (QED) is 0.698. The van der Waals surface area contributed by atoms with Crippen LogP contribution in [-0.4, -0.2) is 25.2 Å². The Morgan fingerprint density at radius 1 is 1.47 bits per heavy atom. The first-order valence-electron chi connectivity index (χ1n) is 4.85. The first-order chi connectivity index (χ1) is 7.79. The van der Waals surface area contributed by atoms with Crippen molar-refractivity contribution in [2.75, 3.05) is 5.75 Å². The Kier molecular flexibility index (Phi) is 4.08. The molecule has 0 aliphatic rings. The van der Waals surface area contributed by atoms with Crippen LogP contribution in [0.15, 0.2) is 24.3 Å². The second-order valence-corrected chi connectivity index (χ2v) is 5.30. The number of nitrogens with two attached hydrogens (primary N) is 1. The highest BCUT2D eigenvalue weighted by Crippen LogP contribution is 2.24. The molecule has 0 saturated heterocycles. The van der Waals surface area contributed by atoms with Gasteiger partial charge in [0.05, 0.1) is 11.8 Å². The smallest absolute Gasteiger partial charge is 0.217 e. The van der Waals surface area contributed by atoms with Crippen LogP contribution < -0.4 is 10.5 Å². The molecule has 1 unspecified atom stereocenters. The summed E-state index contributed by atoms with van der Waals surface area (Å²) in [7, 11) is -3.76. The lowest BCUT2D eigenvalue weighted by Crippen LogP contribution is -2.33. The van der Waals surface area contributed by atoms with Crippen molar-refractivity contribution in [3.8, 4) is 5.75 Å². The minimum Gasteiger partial charge on any atom is -0.508 e. The van der Waals surface area contributed by atoms with Gasteiger partial charge in [-0.15, -0.1) is 0 Å². The standard InChI is InChI=1S/C10H14N2O4S/c1-7(13)12-9(6-17(11,15)16)8-4-2-3-5-10(8)14/h2-5,9,14H,6H2,1H3,(H,12,13)(H2,11,15,16). The minimum absolute atomic E-state index is 0.0881. The summed E-state index contributed by atoms with van der Waals surface area (Å²) in [5, 5.41) is 17.0. The van der Waals surface area contributed by atoms with Gasteiger partial charge in [-0.25, -0.2) is 13.6 Å². The SMILES string of the molecule is CC(=O)NC(CS(N)(=O)=O)c1ccccc1O. The fourth-order valence-corrected chi connectivity index (χ4v) is 2.20. The zero-order valence-electron chi connectivity index (χ0n) is 9.25. The maximum Gasteiger partial charge on any atom is 0.217 e. The van der Waals surface area contributed by atoms with E-state index in [0.717, 1.165) is 0 Å². The summed E-state index contributed by atoms with van der Waals surface area (Å²) in [5.74, 6) is -0.957. The van der Waals surface area contributed by atoms with E-state index in [1.165, 1.54) is 19.1 Å². The molecule has 0 aliphatic carbocycles. The third-order valence-corrected chi connectivity index (χ3v) is 2.89. The van der Waals surface area contributed by atoms with E-state index in [4.69, 9.17) is 5.14 Å². The lowest BCUT2D eigenvalue weighted by atomic mass is 10.1. The van der Waals surface area contributed by atoms with E-state index in [1.807, 2.05) is 0 Å². The summed E-state index contributed by atoms with van der Waals surface area (Å²) >= 11 is 0. The zero-order chi connectivity index (χ0) is 13.1. The monoisotopic (exact) mass is 258 g/mol. The normalized spacial score (nSPS) is 13.1. The van der Waals surface area contributed by atoms with Gasteiger partial charge in [0.15, 0.2) is 0 Å². The number of carbonyl (C=O) groups excluding carboxylic acids is 1. The Balaban J connectivity index is 3.06. The third-order valence-electron chi connectivity index (χ3n) is 2.09. The summed E-state index contributed by atoms with van der Waals surface area (Å²) in [6.07, 6.45) is 0. The van der Waals surface area contributed by atoms with Gasteiger partial charge in [0.25, 0.3) is 0 Å². The number of hydrogen-bond acceptors (Lipinski definition) is 4. The fourth-order valence-electron chi connectivity index (χ4n) is 1.47. The number of benzene rings is 1. The van der Waals surface area contributed by atoms with Crippen molar-refractivity contribution >= 4 is 15.9 Å². The summed E-state index contributed by atoms with van der Waals surface area (Å²) < 4.78 is 22.1. The molecule has 0 saturated carbocycles. The van der Waals surface area contributed by atoms with E-state index in [9.17, 15) is 18.3 Å². The molecule has 1 aromatic carbocycles. The second-order valence-electron chi connectivity index (χ2n) is 3.64. The number of nitrogens with one attached hydrogen (secondary N) is 1.